The van der Waals surface area contributed by atoms with E-state index in [2.05, 4.69) is 29.6 Å². The number of imide groups is 2. The molecule has 1 saturated heterocycles. The van der Waals surface area contributed by atoms with E-state index in [-0.39, 0.29) is 21.3 Å². The maximum Gasteiger partial charge on any atom is 0.336 e. The number of nitrogens with zero attached hydrogens (tertiary/aromatic N) is 2. The number of urea groups is 1. The van der Waals surface area contributed by atoms with Gasteiger partial charge in [-0.2, -0.15) is 0 Å². The summed E-state index contributed by atoms with van der Waals surface area (Å²) >= 11 is 12.3. The van der Waals surface area contributed by atoms with Gasteiger partial charge in [-0.25, -0.2) is 9.69 Å². The van der Waals surface area contributed by atoms with Gasteiger partial charge in [0.2, 0.25) is 0 Å². The number of carbonyl (C=O) groups excluding carboxylic acids is 3. The molecule has 184 valence electrons. The van der Waals surface area contributed by atoms with Crippen LogP contribution in [0.3, 0.4) is 0 Å². The Morgan fingerprint density at radius 2 is 1.49 bits per heavy atom. The quantitative estimate of drug-likeness (QED) is 0.235. The van der Waals surface area contributed by atoms with Crippen molar-refractivity contribution in [3.8, 4) is 16.8 Å². The zero-order chi connectivity index (χ0) is 26.3. The number of rotatable bonds is 4. The monoisotopic (exact) mass is 529 g/mol. The summed E-state index contributed by atoms with van der Waals surface area (Å²) in [7, 11) is 0. The molecule has 2 heterocycles. The third-order valence-corrected chi connectivity index (χ3v) is 7.09. The van der Waals surface area contributed by atoms with Crippen molar-refractivity contribution >= 4 is 52.8 Å². The molecule has 0 aliphatic carbocycles. The first-order valence-electron chi connectivity index (χ1n) is 11.5. The smallest absolute Gasteiger partial charge is 0.318 e. The van der Waals surface area contributed by atoms with Gasteiger partial charge in [0, 0.05) is 17.1 Å². The number of aryl methyl sites for hydroxylation is 1. The van der Waals surface area contributed by atoms with Crippen molar-refractivity contribution in [3.05, 3.63) is 111 Å². The van der Waals surface area contributed by atoms with Gasteiger partial charge in [-0.05, 0) is 66.9 Å². The average Bonchev–Trinajstić information content (AvgIpc) is 3.17. The Kier molecular flexibility index (Phi) is 6.46. The molecule has 4 amide bonds. The molecule has 1 N–H and O–H groups in total. The molecule has 1 aliphatic rings. The first-order chi connectivity index (χ1) is 17.8. The van der Waals surface area contributed by atoms with E-state index in [1.165, 1.54) is 12.1 Å². The number of barbiturate groups is 1. The standard InChI is InChI=1S/C29H21Cl2N3O3/c1-17-15-21(18(2)33(17)22-13-11-20(12-14-22)19-7-4-3-5-8-19)16-23-27(35)32-29(37)34(28(23)36)25-10-6-9-24(30)26(25)31/h3-16H,1-2H3,(H,32,35,37)/b23-16-. The van der Waals surface area contributed by atoms with Crippen LogP contribution in [0.1, 0.15) is 17.0 Å². The second-order valence-corrected chi connectivity index (χ2v) is 9.39. The highest BCUT2D eigenvalue weighted by atomic mass is 35.5. The van der Waals surface area contributed by atoms with Crippen LogP contribution in [0.5, 0.6) is 0 Å². The predicted molar refractivity (Wildman–Crippen MR) is 146 cm³/mol. The van der Waals surface area contributed by atoms with Crippen molar-refractivity contribution in [2.24, 2.45) is 0 Å². The van der Waals surface area contributed by atoms with E-state index in [0.29, 0.717) is 5.56 Å². The number of anilines is 1. The molecular formula is C29H21Cl2N3O3. The summed E-state index contributed by atoms with van der Waals surface area (Å²) < 4.78 is 2.04. The zero-order valence-corrected chi connectivity index (χ0v) is 21.5. The van der Waals surface area contributed by atoms with E-state index >= 15 is 0 Å². The Morgan fingerprint density at radius 1 is 0.811 bits per heavy atom. The van der Waals surface area contributed by atoms with Crippen LogP contribution in [0.15, 0.2) is 84.4 Å². The molecule has 0 unspecified atom stereocenters. The van der Waals surface area contributed by atoms with Crippen molar-refractivity contribution in [2.45, 2.75) is 13.8 Å². The number of nitrogens with one attached hydrogen (secondary N) is 1. The molecule has 6 nitrogen and oxygen atoms in total. The summed E-state index contributed by atoms with van der Waals surface area (Å²) in [5.74, 6) is -1.56. The number of hydrogen-bond donors (Lipinski definition) is 1. The van der Waals surface area contributed by atoms with Crippen molar-refractivity contribution in [1.29, 1.82) is 0 Å². The summed E-state index contributed by atoms with van der Waals surface area (Å²) in [6.07, 6.45) is 1.49. The predicted octanol–water partition coefficient (Wildman–Crippen LogP) is 6.73. The fraction of sp³-hybridized carbons (Fsp3) is 0.0690. The zero-order valence-electron chi connectivity index (χ0n) is 20.0. The van der Waals surface area contributed by atoms with Gasteiger partial charge in [-0.1, -0.05) is 71.7 Å². The number of benzene rings is 3. The molecule has 1 aliphatic heterocycles. The number of hydrogen-bond acceptors (Lipinski definition) is 3. The fourth-order valence-electron chi connectivity index (χ4n) is 4.46. The molecule has 0 bridgehead atoms. The van der Waals surface area contributed by atoms with Gasteiger partial charge >= 0.3 is 6.03 Å². The summed E-state index contributed by atoms with van der Waals surface area (Å²) in [4.78, 5) is 39.4. The van der Waals surface area contributed by atoms with Gasteiger partial charge in [0.1, 0.15) is 5.57 Å². The van der Waals surface area contributed by atoms with Crippen LogP contribution in [0.2, 0.25) is 10.0 Å². The molecule has 4 aromatic rings. The average molecular weight is 530 g/mol. The van der Waals surface area contributed by atoms with Gasteiger partial charge in [0.15, 0.2) is 0 Å². The molecule has 37 heavy (non-hydrogen) atoms. The Morgan fingerprint density at radius 3 is 2.19 bits per heavy atom. The lowest BCUT2D eigenvalue weighted by atomic mass is 10.1. The molecule has 0 spiro atoms. The molecule has 0 atom stereocenters. The highest BCUT2D eigenvalue weighted by molar-refractivity contribution is 6.46. The van der Waals surface area contributed by atoms with Crippen LogP contribution in [0.25, 0.3) is 22.9 Å². The molecule has 1 aromatic heterocycles. The van der Waals surface area contributed by atoms with E-state index in [4.69, 9.17) is 23.2 Å². The minimum atomic E-state index is -0.889. The summed E-state index contributed by atoms with van der Waals surface area (Å²) in [6.45, 7) is 3.86. The van der Waals surface area contributed by atoms with Crippen molar-refractivity contribution in [1.82, 2.24) is 9.88 Å². The number of amides is 4. The molecule has 1 fully saturated rings. The summed E-state index contributed by atoms with van der Waals surface area (Å²) in [6, 6.07) is 23.9. The summed E-state index contributed by atoms with van der Waals surface area (Å²) in [5, 5.41) is 2.44. The molecule has 0 radical (unpaired) electrons. The first-order valence-corrected chi connectivity index (χ1v) is 12.2. The Bertz CT molecular complexity index is 1590. The highest BCUT2D eigenvalue weighted by Gasteiger charge is 2.38. The lowest BCUT2D eigenvalue weighted by molar-refractivity contribution is -0.122. The molecule has 5 rings (SSSR count). The largest absolute Gasteiger partial charge is 0.336 e. The maximum absolute atomic E-state index is 13.3. The van der Waals surface area contributed by atoms with Crippen molar-refractivity contribution < 1.29 is 14.4 Å². The Labute approximate surface area is 223 Å². The molecule has 8 heteroatoms. The molecular weight excluding hydrogens is 509 g/mol. The maximum atomic E-state index is 13.3. The van der Waals surface area contributed by atoms with Crippen LogP contribution in [-0.2, 0) is 9.59 Å². The van der Waals surface area contributed by atoms with Gasteiger partial charge in [0.05, 0.1) is 15.7 Å². The van der Waals surface area contributed by atoms with Gasteiger partial charge in [-0.15, -0.1) is 0 Å². The van der Waals surface area contributed by atoms with Gasteiger partial charge < -0.3 is 4.57 Å². The normalized spacial score (nSPS) is 14.9. The first kappa shape index (κ1) is 24.6. The minimum Gasteiger partial charge on any atom is -0.318 e. The van der Waals surface area contributed by atoms with Crippen LogP contribution in [0, 0.1) is 13.8 Å². The Balaban J connectivity index is 1.51. The lowest BCUT2D eigenvalue weighted by Gasteiger charge is -2.27. The number of aromatic nitrogens is 1. The lowest BCUT2D eigenvalue weighted by Crippen LogP contribution is -2.54. The van der Waals surface area contributed by atoms with E-state index < -0.39 is 17.8 Å². The van der Waals surface area contributed by atoms with E-state index in [9.17, 15) is 14.4 Å². The topological polar surface area (TPSA) is 71.4 Å². The third-order valence-electron chi connectivity index (χ3n) is 6.28. The second-order valence-electron chi connectivity index (χ2n) is 8.61. The fourth-order valence-corrected chi connectivity index (χ4v) is 4.84. The Hall–Kier alpha value is -4.13. The van der Waals surface area contributed by atoms with Crippen molar-refractivity contribution in [3.63, 3.8) is 0 Å². The SMILES string of the molecule is Cc1cc(/C=C2/C(=O)NC(=O)N(c3cccc(Cl)c3Cl)C2=O)c(C)n1-c1ccc(-c2ccccc2)cc1. The number of halogens is 2. The molecule has 0 saturated carbocycles. The summed E-state index contributed by atoms with van der Waals surface area (Å²) in [5.41, 5.74) is 5.52. The van der Waals surface area contributed by atoms with Crippen molar-refractivity contribution in [2.75, 3.05) is 4.90 Å². The van der Waals surface area contributed by atoms with E-state index in [1.807, 2.05) is 54.8 Å². The highest BCUT2D eigenvalue weighted by Crippen LogP contribution is 2.34. The van der Waals surface area contributed by atoms with E-state index in [1.54, 1.807) is 12.1 Å². The van der Waals surface area contributed by atoms with Crippen LogP contribution < -0.4 is 10.2 Å². The van der Waals surface area contributed by atoms with Crippen LogP contribution >= 0.6 is 23.2 Å². The van der Waals surface area contributed by atoms with Crippen LogP contribution in [-0.4, -0.2) is 22.4 Å². The second kappa shape index (κ2) is 9.73. The van der Waals surface area contributed by atoms with E-state index in [0.717, 1.165) is 33.1 Å². The number of carbonyl (C=O) groups is 3. The third kappa shape index (κ3) is 4.46. The van der Waals surface area contributed by atoms with Gasteiger partial charge in [0.25, 0.3) is 11.8 Å². The van der Waals surface area contributed by atoms with Gasteiger partial charge in [-0.3, -0.25) is 14.9 Å². The van der Waals surface area contributed by atoms with Crippen LogP contribution in [0.4, 0.5) is 10.5 Å². The minimum absolute atomic E-state index is 0.0403. The molecule has 3 aromatic carbocycles.